The molecule has 6 heteroatoms. The first-order chi connectivity index (χ1) is 8.44. The first kappa shape index (κ1) is 12.8. The summed E-state index contributed by atoms with van der Waals surface area (Å²) in [5, 5.41) is 20.5. The van der Waals surface area contributed by atoms with E-state index in [0.717, 1.165) is 31.4 Å². The number of phenols is 1. The van der Waals surface area contributed by atoms with Gasteiger partial charge in [-0.3, -0.25) is 10.1 Å². The van der Waals surface area contributed by atoms with Gasteiger partial charge in [0.15, 0.2) is 0 Å². The Hall–Kier alpha value is -1.69. The van der Waals surface area contributed by atoms with Crippen LogP contribution in [-0.2, 0) is 5.54 Å². The second-order valence-corrected chi connectivity index (χ2v) is 4.79. The number of nitrogens with two attached hydrogens (primary N) is 1. The monoisotopic (exact) mass is 254 g/mol. The van der Waals surface area contributed by atoms with E-state index in [1.165, 1.54) is 0 Å². The van der Waals surface area contributed by atoms with Crippen LogP contribution in [0.4, 0.5) is 10.1 Å². The van der Waals surface area contributed by atoms with Crippen molar-refractivity contribution in [2.24, 2.45) is 5.73 Å². The molecule has 0 radical (unpaired) electrons. The van der Waals surface area contributed by atoms with Gasteiger partial charge in [0, 0.05) is 23.2 Å². The van der Waals surface area contributed by atoms with E-state index >= 15 is 0 Å². The lowest BCUT2D eigenvalue weighted by atomic mass is 9.77. The number of rotatable bonds is 2. The number of hydrogen-bond donors (Lipinski definition) is 2. The fraction of sp³-hybridized carbons (Fsp3) is 0.500. The molecule has 1 aliphatic carbocycles. The van der Waals surface area contributed by atoms with Crippen molar-refractivity contribution in [3.8, 4) is 5.75 Å². The molecule has 0 amide bonds. The SMILES string of the molecule is NC1(c2cc([N+](=O)[O-])c(F)cc2O)CCCCC1. The van der Waals surface area contributed by atoms with E-state index in [9.17, 15) is 19.6 Å². The standard InChI is InChI=1S/C12H15FN2O3/c13-9-7-11(16)8(6-10(9)15(17)18)12(14)4-2-1-3-5-12/h6-7,16H,1-5,14H2. The number of halogens is 1. The third kappa shape index (κ3) is 2.15. The van der Waals surface area contributed by atoms with E-state index in [0.29, 0.717) is 12.8 Å². The highest BCUT2D eigenvalue weighted by Gasteiger charge is 2.34. The molecule has 0 unspecified atom stereocenters. The number of benzene rings is 1. The molecule has 0 heterocycles. The molecule has 1 fully saturated rings. The van der Waals surface area contributed by atoms with Gasteiger partial charge in [-0.1, -0.05) is 19.3 Å². The lowest BCUT2D eigenvalue weighted by molar-refractivity contribution is -0.387. The molecule has 1 aromatic rings. The number of hydrogen-bond acceptors (Lipinski definition) is 4. The zero-order valence-electron chi connectivity index (χ0n) is 9.86. The minimum absolute atomic E-state index is 0.273. The fourth-order valence-electron chi connectivity index (χ4n) is 2.54. The summed E-state index contributed by atoms with van der Waals surface area (Å²) in [5.74, 6) is -1.34. The molecule has 2 rings (SSSR count). The predicted molar refractivity (Wildman–Crippen MR) is 63.7 cm³/mol. The molecule has 1 saturated carbocycles. The van der Waals surface area contributed by atoms with Crippen molar-refractivity contribution >= 4 is 5.69 Å². The van der Waals surface area contributed by atoms with E-state index in [1.54, 1.807) is 0 Å². The van der Waals surface area contributed by atoms with E-state index in [-0.39, 0.29) is 11.3 Å². The third-order valence-electron chi connectivity index (χ3n) is 3.54. The highest BCUT2D eigenvalue weighted by molar-refractivity contribution is 5.48. The molecule has 98 valence electrons. The highest BCUT2D eigenvalue weighted by Crippen LogP contribution is 2.41. The van der Waals surface area contributed by atoms with Gasteiger partial charge in [0.2, 0.25) is 5.82 Å². The molecule has 0 spiro atoms. The average Bonchev–Trinajstić information content (AvgIpc) is 2.29. The largest absolute Gasteiger partial charge is 0.507 e. The summed E-state index contributed by atoms with van der Waals surface area (Å²) in [6.07, 6.45) is 4.15. The predicted octanol–water partition coefficient (Wildman–Crippen LogP) is 2.56. The summed E-state index contributed by atoms with van der Waals surface area (Å²) in [7, 11) is 0. The Morgan fingerprint density at radius 2 is 1.94 bits per heavy atom. The van der Waals surface area contributed by atoms with Crippen molar-refractivity contribution in [2.75, 3.05) is 0 Å². The summed E-state index contributed by atoms with van der Waals surface area (Å²) in [6, 6.07) is 1.84. The molecule has 0 bridgehead atoms. The molecule has 0 saturated heterocycles. The molecule has 1 aliphatic rings. The zero-order chi connectivity index (χ0) is 13.3. The Balaban J connectivity index is 2.49. The Labute approximate surface area is 104 Å². The van der Waals surface area contributed by atoms with E-state index < -0.39 is 22.0 Å². The Morgan fingerprint density at radius 3 is 2.50 bits per heavy atom. The second-order valence-electron chi connectivity index (χ2n) is 4.79. The van der Waals surface area contributed by atoms with E-state index in [4.69, 9.17) is 5.73 Å². The molecular formula is C12H15FN2O3. The number of nitrogens with zero attached hydrogens (tertiary/aromatic N) is 1. The zero-order valence-corrected chi connectivity index (χ0v) is 9.86. The van der Waals surface area contributed by atoms with Crippen LogP contribution >= 0.6 is 0 Å². The van der Waals surface area contributed by atoms with Crippen LogP contribution < -0.4 is 5.73 Å². The van der Waals surface area contributed by atoms with Gasteiger partial charge in [-0.15, -0.1) is 0 Å². The van der Waals surface area contributed by atoms with Crippen molar-refractivity contribution in [2.45, 2.75) is 37.6 Å². The van der Waals surface area contributed by atoms with Crippen LogP contribution in [0.5, 0.6) is 5.75 Å². The van der Waals surface area contributed by atoms with Crippen LogP contribution in [0, 0.1) is 15.9 Å². The maximum Gasteiger partial charge on any atom is 0.305 e. The van der Waals surface area contributed by atoms with E-state index in [2.05, 4.69) is 0 Å². The summed E-state index contributed by atoms with van der Waals surface area (Å²) in [5.41, 5.74) is 5.04. The van der Waals surface area contributed by atoms with Crippen molar-refractivity contribution in [1.82, 2.24) is 0 Å². The Bertz CT molecular complexity index is 484. The number of phenolic OH excluding ortho intramolecular Hbond substituents is 1. The van der Waals surface area contributed by atoms with Gasteiger partial charge in [0.25, 0.3) is 0 Å². The molecule has 5 nitrogen and oxygen atoms in total. The summed E-state index contributed by atoms with van der Waals surface area (Å²) in [6.45, 7) is 0. The van der Waals surface area contributed by atoms with Gasteiger partial charge in [-0.25, -0.2) is 0 Å². The highest BCUT2D eigenvalue weighted by atomic mass is 19.1. The maximum absolute atomic E-state index is 13.3. The first-order valence-corrected chi connectivity index (χ1v) is 5.90. The topological polar surface area (TPSA) is 89.4 Å². The lowest BCUT2D eigenvalue weighted by Crippen LogP contribution is -2.38. The maximum atomic E-state index is 13.3. The van der Waals surface area contributed by atoms with E-state index in [1.807, 2.05) is 0 Å². The average molecular weight is 254 g/mol. The van der Waals surface area contributed by atoms with Gasteiger partial charge in [-0.05, 0) is 12.8 Å². The van der Waals surface area contributed by atoms with Crippen molar-refractivity contribution in [3.05, 3.63) is 33.6 Å². The third-order valence-corrected chi connectivity index (χ3v) is 3.54. The number of aromatic hydroxyl groups is 1. The Morgan fingerprint density at radius 1 is 1.33 bits per heavy atom. The van der Waals surface area contributed by atoms with Gasteiger partial charge in [0.05, 0.1) is 4.92 Å². The van der Waals surface area contributed by atoms with Crippen LogP contribution in [-0.4, -0.2) is 10.0 Å². The van der Waals surface area contributed by atoms with Gasteiger partial charge < -0.3 is 10.8 Å². The summed E-state index contributed by atoms with van der Waals surface area (Å²) < 4.78 is 13.3. The van der Waals surface area contributed by atoms with Gasteiger partial charge in [0.1, 0.15) is 5.75 Å². The molecule has 1 aromatic carbocycles. The van der Waals surface area contributed by atoms with Crippen LogP contribution in [0.25, 0.3) is 0 Å². The number of nitro groups is 1. The minimum atomic E-state index is -1.04. The molecule has 3 N–H and O–H groups in total. The smallest absolute Gasteiger partial charge is 0.305 e. The van der Waals surface area contributed by atoms with Crippen molar-refractivity contribution < 1.29 is 14.4 Å². The summed E-state index contributed by atoms with van der Waals surface area (Å²) >= 11 is 0. The molecule has 0 atom stereocenters. The Kier molecular flexibility index (Phi) is 3.21. The van der Waals surface area contributed by atoms with Crippen molar-refractivity contribution in [3.63, 3.8) is 0 Å². The molecule has 0 aliphatic heterocycles. The van der Waals surface area contributed by atoms with Gasteiger partial charge in [-0.2, -0.15) is 4.39 Å². The second kappa shape index (κ2) is 4.53. The van der Waals surface area contributed by atoms with Gasteiger partial charge >= 0.3 is 5.69 Å². The quantitative estimate of drug-likeness (QED) is 0.627. The lowest BCUT2D eigenvalue weighted by Gasteiger charge is -2.34. The molecule has 18 heavy (non-hydrogen) atoms. The van der Waals surface area contributed by atoms with Crippen LogP contribution in [0.3, 0.4) is 0 Å². The van der Waals surface area contributed by atoms with Crippen LogP contribution in [0.2, 0.25) is 0 Å². The minimum Gasteiger partial charge on any atom is -0.507 e. The van der Waals surface area contributed by atoms with Crippen LogP contribution in [0.15, 0.2) is 12.1 Å². The van der Waals surface area contributed by atoms with Crippen LogP contribution in [0.1, 0.15) is 37.7 Å². The van der Waals surface area contributed by atoms with Crippen molar-refractivity contribution in [1.29, 1.82) is 0 Å². The fourth-order valence-corrected chi connectivity index (χ4v) is 2.54. The first-order valence-electron chi connectivity index (χ1n) is 5.90. The summed E-state index contributed by atoms with van der Waals surface area (Å²) in [4.78, 5) is 9.91. The normalized spacial score (nSPS) is 18.6. The molecule has 0 aromatic heterocycles. The number of nitro benzene ring substituents is 1. The molecular weight excluding hydrogens is 239 g/mol.